The number of aryl methyl sites for hydroxylation is 1. The molecular weight excluding hydrogens is 381 g/mol. The average Bonchev–Trinajstić information content (AvgIpc) is 3.21. The highest BCUT2D eigenvalue weighted by Gasteiger charge is 2.62. The molecule has 0 radical (unpaired) electrons. The third-order valence-electron chi connectivity index (χ3n) is 5.83. The van der Waals surface area contributed by atoms with Gasteiger partial charge in [0.25, 0.3) is 0 Å². The molecule has 148 valence electrons. The summed E-state index contributed by atoms with van der Waals surface area (Å²) in [6.45, 7) is 2.65. The maximum Gasteiger partial charge on any atom is 0.243 e. The molecule has 1 aliphatic heterocycles. The minimum Gasteiger partial charge on any atom is -0.352 e. The lowest BCUT2D eigenvalue weighted by Crippen LogP contribution is -2.31. The minimum atomic E-state index is -3.76. The fraction of sp³-hybridized carbons (Fsp3) is 0.400. The Morgan fingerprint density at radius 3 is 2.93 bits per heavy atom. The van der Waals surface area contributed by atoms with Crippen LogP contribution >= 0.6 is 0 Å². The highest BCUT2D eigenvalue weighted by molar-refractivity contribution is 7.89. The quantitative estimate of drug-likeness (QED) is 0.831. The third kappa shape index (κ3) is 3.42. The second-order valence-electron chi connectivity index (χ2n) is 7.70. The lowest BCUT2D eigenvalue weighted by Gasteiger charge is -2.17. The molecule has 2 aliphatic rings. The van der Waals surface area contributed by atoms with Gasteiger partial charge < -0.3 is 5.32 Å². The number of nitrogens with one attached hydrogen (secondary N) is 1. The van der Waals surface area contributed by atoms with Crippen LogP contribution in [0, 0.1) is 24.1 Å². The Morgan fingerprint density at radius 2 is 2.21 bits per heavy atom. The molecule has 0 unspecified atom stereocenters. The van der Waals surface area contributed by atoms with E-state index in [1.807, 2.05) is 12.1 Å². The number of carbonyl (C=O) groups is 1. The van der Waals surface area contributed by atoms with Crippen molar-refractivity contribution in [1.29, 1.82) is 0 Å². The van der Waals surface area contributed by atoms with Gasteiger partial charge in [0.2, 0.25) is 15.9 Å². The van der Waals surface area contributed by atoms with Crippen molar-refractivity contribution >= 4 is 15.9 Å². The number of pyridine rings is 1. The number of amides is 1. The summed E-state index contributed by atoms with van der Waals surface area (Å²) in [5, 5.41) is 2.91. The van der Waals surface area contributed by atoms with Crippen LogP contribution in [0.15, 0.2) is 47.6 Å². The summed E-state index contributed by atoms with van der Waals surface area (Å²) in [6.07, 6.45) is 4.70. The molecule has 1 aliphatic carbocycles. The first-order valence-corrected chi connectivity index (χ1v) is 10.7. The van der Waals surface area contributed by atoms with Crippen molar-refractivity contribution in [3.63, 3.8) is 0 Å². The molecule has 1 spiro atoms. The summed E-state index contributed by atoms with van der Waals surface area (Å²) < 4.78 is 40.9. The van der Waals surface area contributed by atoms with Crippen molar-refractivity contribution in [3.8, 4) is 0 Å². The van der Waals surface area contributed by atoms with E-state index in [0.717, 1.165) is 11.6 Å². The molecule has 6 nitrogen and oxygen atoms in total. The lowest BCUT2D eigenvalue weighted by molar-refractivity contribution is -0.123. The van der Waals surface area contributed by atoms with Gasteiger partial charge in [0.05, 0.1) is 4.90 Å². The molecule has 1 aromatic heterocycles. The van der Waals surface area contributed by atoms with E-state index in [1.165, 1.54) is 16.4 Å². The molecule has 28 heavy (non-hydrogen) atoms. The number of halogens is 1. The number of aromatic nitrogens is 1. The Hall–Kier alpha value is -2.32. The van der Waals surface area contributed by atoms with E-state index in [0.29, 0.717) is 38.0 Å². The van der Waals surface area contributed by atoms with Gasteiger partial charge in [-0.3, -0.25) is 9.78 Å². The first-order valence-electron chi connectivity index (χ1n) is 9.25. The maximum atomic E-state index is 13.8. The third-order valence-corrected chi connectivity index (χ3v) is 7.67. The van der Waals surface area contributed by atoms with Crippen LogP contribution in [0.4, 0.5) is 4.39 Å². The zero-order chi connectivity index (χ0) is 19.9. The van der Waals surface area contributed by atoms with Crippen LogP contribution in [-0.4, -0.2) is 36.7 Å². The van der Waals surface area contributed by atoms with Gasteiger partial charge >= 0.3 is 0 Å². The number of hydrogen-bond donors (Lipinski definition) is 1. The predicted octanol–water partition coefficient (Wildman–Crippen LogP) is 2.25. The number of carbonyl (C=O) groups excluding carboxylic acids is 1. The second-order valence-corrected chi connectivity index (χ2v) is 9.64. The Labute approximate surface area is 163 Å². The van der Waals surface area contributed by atoms with E-state index in [-0.39, 0.29) is 22.1 Å². The monoisotopic (exact) mass is 403 g/mol. The van der Waals surface area contributed by atoms with Gasteiger partial charge in [-0.05, 0) is 54.5 Å². The van der Waals surface area contributed by atoms with E-state index in [4.69, 9.17) is 0 Å². The standard InChI is InChI=1S/C20H22FN3O3S/c1-14-4-5-16(9-18(14)21)28(26,27)24-8-6-20(13-24)10-17(20)19(25)23-12-15-3-2-7-22-11-15/h2-5,7,9,11,17H,6,8,10,12-13H2,1H3,(H,23,25)/t17-,20+/m0/s1. The molecule has 2 atom stereocenters. The summed E-state index contributed by atoms with van der Waals surface area (Å²) in [4.78, 5) is 16.5. The van der Waals surface area contributed by atoms with Crippen molar-refractivity contribution in [3.05, 3.63) is 59.7 Å². The van der Waals surface area contributed by atoms with Gasteiger partial charge in [-0.2, -0.15) is 4.31 Å². The van der Waals surface area contributed by atoms with Crippen LogP contribution in [0.25, 0.3) is 0 Å². The minimum absolute atomic E-state index is 0.0362. The number of sulfonamides is 1. The van der Waals surface area contributed by atoms with Crippen LogP contribution in [0.2, 0.25) is 0 Å². The molecule has 2 heterocycles. The Kier molecular flexibility index (Phi) is 4.71. The first-order chi connectivity index (χ1) is 13.3. The summed E-state index contributed by atoms with van der Waals surface area (Å²) >= 11 is 0. The molecule has 1 N–H and O–H groups in total. The molecule has 1 aromatic carbocycles. The van der Waals surface area contributed by atoms with Crippen LogP contribution in [0.3, 0.4) is 0 Å². The second kappa shape index (κ2) is 6.93. The molecule has 4 rings (SSSR count). The van der Waals surface area contributed by atoms with E-state index in [2.05, 4.69) is 10.3 Å². The van der Waals surface area contributed by atoms with E-state index >= 15 is 0 Å². The molecular formula is C20H22FN3O3S. The fourth-order valence-corrected chi connectivity index (χ4v) is 5.48. The van der Waals surface area contributed by atoms with Crippen LogP contribution < -0.4 is 5.32 Å². The molecule has 2 fully saturated rings. The summed E-state index contributed by atoms with van der Waals surface area (Å²) in [7, 11) is -3.76. The van der Waals surface area contributed by atoms with Crippen molar-refractivity contribution in [2.45, 2.75) is 31.2 Å². The summed E-state index contributed by atoms with van der Waals surface area (Å²) in [5.74, 6) is -0.766. The first kappa shape index (κ1) is 19.0. The number of nitrogens with zero attached hydrogens (tertiary/aromatic N) is 2. The van der Waals surface area contributed by atoms with Crippen molar-refractivity contribution in [2.24, 2.45) is 11.3 Å². The summed E-state index contributed by atoms with van der Waals surface area (Å²) in [5.41, 5.74) is 1.03. The lowest BCUT2D eigenvalue weighted by atomic mass is 10.0. The van der Waals surface area contributed by atoms with Gasteiger partial charge in [0, 0.05) is 37.9 Å². The molecule has 1 saturated heterocycles. The van der Waals surface area contributed by atoms with Gasteiger partial charge in [-0.25, -0.2) is 12.8 Å². The normalized spacial score (nSPS) is 24.4. The van der Waals surface area contributed by atoms with Crippen molar-refractivity contribution in [2.75, 3.05) is 13.1 Å². The SMILES string of the molecule is Cc1ccc(S(=O)(=O)N2CC[C@@]3(C[C@H]3C(=O)NCc3cccnc3)C2)cc1F. The van der Waals surface area contributed by atoms with E-state index in [1.54, 1.807) is 19.3 Å². The Balaban J connectivity index is 1.40. The highest BCUT2D eigenvalue weighted by atomic mass is 32.2. The van der Waals surface area contributed by atoms with Gasteiger partial charge in [0.1, 0.15) is 5.82 Å². The number of rotatable bonds is 5. The van der Waals surface area contributed by atoms with Gasteiger partial charge in [-0.15, -0.1) is 0 Å². The molecule has 1 amide bonds. The van der Waals surface area contributed by atoms with Crippen LogP contribution in [0.1, 0.15) is 24.0 Å². The molecule has 1 saturated carbocycles. The smallest absolute Gasteiger partial charge is 0.243 e. The summed E-state index contributed by atoms with van der Waals surface area (Å²) in [6, 6.07) is 7.68. The zero-order valence-electron chi connectivity index (χ0n) is 15.6. The fourth-order valence-electron chi connectivity index (χ4n) is 3.93. The molecule has 2 aromatic rings. The molecule has 8 heteroatoms. The van der Waals surface area contributed by atoms with Crippen LogP contribution in [-0.2, 0) is 21.4 Å². The topological polar surface area (TPSA) is 79.4 Å². The Bertz CT molecular complexity index is 1010. The average molecular weight is 403 g/mol. The van der Waals surface area contributed by atoms with Gasteiger partial charge in [-0.1, -0.05) is 12.1 Å². The molecule has 0 bridgehead atoms. The Morgan fingerprint density at radius 1 is 1.39 bits per heavy atom. The van der Waals surface area contributed by atoms with Crippen molar-refractivity contribution < 1.29 is 17.6 Å². The highest BCUT2D eigenvalue weighted by Crippen LogP contribution is 2.59. The largest absolute Gasteiger partial charge is 0.352 e. The van der Waals surface area contributed by atoms with Gasteiger partial charge in [0.15, 0.2) is 0 Å². The van der Waals surface area contributed by atoms with E-state index in [9.17, 15) is 17.6 Å². The number of benzene rings is 1. The predicted molar refractivity (Wildman–Crippen MR) is 101 cm³/mol. The maximum absolute atomic E-state index is 13.8. The van der Waals surface area contributed by atoms with E-state index < -0.39 is 15.8 Å². The van der Waals surface area contributed by atoms with Crippen molar-refractivity contribution in [1.82, 2.24) is 14.6 Å². The van der Waals surface area contributed by atoms with Crippen LogP contribution in [0.5, 0.6) is 0 Å². The zero-order valence-corrected chi connectivity index (χ0v) is 16.4. The number of hydrogen-bond acceptors (Lipinski definition) is 4.